The fourth-order valence-corrected chi connectivity index (χ4v) is 0.834. The van der Waals surface area contributed by atoms with E-state index < -0.39 is 12.5 Å². The number of carbonyl (C=O) groups is 1. The number of alkyl halides is 2. The van der Waals surface area contributed by atoms with E-state index >= 15 is 0 Å². The molecule has 14 heavy (non-hydrogen) atoms. The number of hydrogen-bond donors (Lipinski definition) is 1. The second kappa shape index (κ2) is 8.45. The zero-order chi connectivity index (χ0) is 11.6. The van der Waals surface area contributed by atoms with Crippen molar-refractivity contribution in [1.29, 1.82) is 0 Å². The van der Waals surface area contributed by atoms with Crippen molar-refractivity contribution in [2.24, 2.45) is 0 Å². The number of rotatable bonds is 0. The second-order valence-corrected chi connectivity index (χ2v) is 2.62. The van der Waals surface area contributed by atoms with E-state index in [4.69, 9.17) is 14.6 Å². The average Bonchev–Trinajstić information content (AvgIpc) is 2.15. The van der Waals surface area contributed by atoms with Crippen LogP contribution in [0.2, 0.25) is 0 Å². The lowest BCUT2D eigenvalue weighted by atomic mass is 10.1. The van der Waals surface area contributed by atoms with Crippen molar-refractivity contribution in [2.45, 2.75) is 31.8 Å². The molecular formula is C9H14F2O3. The molecule has 1 atom stereocenters. The van der Waals surface area contributed by atoms with Gasteiger partial charge in [0.15, 0.2) is 0 Å². The summed E-state index contributed by atoms with van der Waals surface area (Å²) in [6, 6.07) is 0. The Hall–Kier alpha value is -1.15. The van der Waals surface area contributed by atoms with Crippen LogP contribution in [0.4, 0.5) is 8.78 Å². The Kier molecular flexibility index (Phi) is 9.25. The summed E-state index contributed by atoms with van der Waals surface area (Å²) >= 11 is 0. The van der Waals surface area contributed by atoms with E-state index in [-0.39, 0.29) is 19.0 Å². The fraction of sp³-hybridized carbons (Fsp3) is 0.667. The smallest absolute Gasteiger partial charge is 0.290 e. The molecule has 0 aromatic heterocycles. The van der Waals surface area contributed by atoms with Gasteiger partial charge in [-0.3, -0.25) is 4.79 Å². The molecule has 1 unspecified atom stereocenters. The lowest BCUT2D eigenvalue weighted by Crippen LogP contribution is -2.33. The predicted octanol–water partition coefficient (Wildman–Crippen LogP) is 1.77. The van der Waals surface area contributed by atoms with Gasteiger partial charge in [-0.05, 0) is 13.3 Å². The zero-order valence-electron chi connectivity index (χ0n) is 7.95. The summed E-state index contributed by atoms with van der Waals surface area (Å²) < 4.78 is 29.2. The van der Waals surface area contributed by atoms with E-state index in [1.165, 1.54) is 0 Å². The van der Waals surface area contributed by atoms with Gasteiger partial charge in [-0.2, -0.15) is 0 Å². The highest BCUT2D eigenvalue weighted by Crippen LogP contribution is 2.27. The van der Waals surface area contributed by atoms with Crippen molar-refractivity contribution in [3.8, 4) is 12.8 Å². The van der Waals surface area contributed by atoms with E-state index in [9.17, 15) is 8.78 Å². The number of hydrogen-bond acceptors (Lipinski definition) is 2. The van der Waals surface area contributed by atoms with Gasteiger partial charge in [-0.1, -0.05) is 0 Å². The minimum Gasteiger partial charge on any atom is -0.483 e. The van der Waals surface area contributed by atoms with Crippen LogP contribution < -0.4 is 0 Å². The molecule has 0 aromatic carbocycles. The first-order chi connectivity index (χ1) is 6.52. The highest BCUT2D eigenvalue weighted by molar-refractivity contribution is 5.32. The molecule has 0 spiro atoms. The van der Waals surface area contributed by atoms with E-state index in [1.807, 2.05) is 6.92 Å². The first kappa shape index (κ1) is 15.3. The third-order valence-electron chi connectivity index (χ3n) is 1.50. The molecule has 1 fully saturated rings. The SMILES string of the molecule is C#C.CC1CCC(F)(F)CO1.O=CO. The minimum absolute atomic E-state index is 0.0182. The van der Waals surface area contributed by atoms with Crippen LogP contribution in [0.5, 0.6) is 0 Å². The molecule has 1 aliphatic rings. The Labute approximate surface area is 82.1 Å². The highest BCUT2D eigenvalue weighted by atomic mass is 19.3. The summed E-state index contributed by atoms with van der Waals surface area (Å²) in [5.41, 5.74) is 0. The van der Waals surface area contributed by atoms with E-state index in [1.54, 1.807) is 0 Å². The quantitative estimate of drug-likeness (QED) is 0.487. The number of halogens is 2. The second-order valence-electron chi connectivity index (χ2n) is 2.62. The molecule has 0 radical (unpaired) electrons. The standard InChI is InChI=1S/C6H10F2O.C2H2.CH2O2/c1-5-2-3-6(7,8)4-9-5;1-2;2-1-3/h5H,2-4H2,1H3;1-2H;1H,(H,2,3). The molecule has 82 valence electrons. The monoisotopic (exact) mass is 208 g/mol. The Morgan fingerprint density at radius 3 is 2.21 bits per heavy atom. The van der Waals surface area contributed by atoms with E-state index in [0.717, 1.165) is 0 Å². The summed E-state index contributed by atoms with van der Waals surface area (Å²) in [6.45, 7) is 1.17. The van der Waals surface area contributed by atoms with Crippen molar-refractivity contribution < 1.29 is 23.4 Å². The molecule has 1 N–H and O–H groups in total. The third-order valence-corrected chi connectivity index (χ3v) is 1.50. The Morgan fingerprint density at radius 1 is 1.57 bits per heavy atom. The van der Waals surface area contributed by atoms with Gasteiger partial charge in [0, 0.05) is 6.42 Å². The summed E-state index contributed by atoms with van der Waals surface area (Å²) in [5.74, 6) is -2.56. The van der Waals surface area contributed by atoms with Crippen molar-refractivity contribution in [3.05, 3.63) is 0 Å². The van der Waals surface area contributed by atoms with Crippen LogP contribution in [0, 0.1) is 12.8 Å². The molecule has 0 aromatic rings. The maximum absolute atomic E-state index is 12.3. The molecule has 0 amide bonds. The van der Waals surface area contributed by atoms with Crippen LogP contribution in [0.3, 0.4) is 0 Å². The molecule has 0 saturated carbocycles. The molecule has 3 nitrogen and oxygen atoms in total. The van der Waals surface area contributed by atoms with Crippen LogP contribution in [-0.4, -0.2) is 30.2 Å². The van der Waals surface area contributed by atoms with Gasteiger partial charge in [0.2, 0.25) is 0 Å². The van der Waals surface area contributed by atoms with Gasteiger partial charge in [-0.15, -0.1) is 12.8 Å². The van der Waals surface area contributed by atoms with Gasteiger partial charge in [-0.25, -0.2) is 8.78 Å². The van der Waals surface area contributed by atoms with Crippen molar-refractivity contribution in [1.82, 2.24) is 0 Å². The summed E-state index contributed by atoms with van der Waals surface area (Å²) in [6.07, 6.45) is 8.48. The molecule has 1 heterocycles. The van der Waals surface area contributed by atoms with Gasteiger partial charge in [0.1, 0.15) is 6.61 Å². The largest absolute Gasteiger partial charge is 0.483 e. The number of terminal acetylenes is 1. The first-order valence-corrected chi connectivity index (χ1v) is 3.92. The summed E-state index contributed by atoms with van der Waals surface area (Å²) in [4.78, 5) is 8.36. The van der Waals surface area contributed by atoms with Crippen LogP contribution in [0.1, 0.15) is 19.8 Å². The van der Waals surface area contributed by atoms with Crippen LogP contribution in [0.25, 0.3) is 0 Å². The van der Waals surface area contributed by atoms with Crippen molar-refractivity contribution >= 4 is 6.47 Å². The molecule has 1 aliphatic heterocycles. The van der Waals surface area contributed by atoms with Crippen molar-refractivity contribution in [3.63, 3.8) is 0 Å². The molecular weight excluding hydrogens is 194 g/mol. The van der Waals surface area contributed by atoms with Gasteiger partial charge in [0.25, 0.3) is 12.4 Å². The average molecular weight is 208 g/mol. The number of carboxylic acid groups (broad SMARTS) is 1. The van der Waals surface area contributed by atoms with Crippen LogP contribution >= 0.6 is 0 Å². The topological polar surface area (TPSA) is 46.5 Å². The maximum Gasteiger partial charge on any atom is 0.290 e. The van der Waals surface area contributed by atoms with E-state index in [2.05, 4.69) is 12.8 Å². The van der Waals surface area contributed by atoms with E-state index in [0.29, 0.717) is 6.42 Å². The zero-order valence-corrected chi connectivity index (χ0v) is 7.95. The van der Waals surface area contributed by atoms with Crippen LogP contribution in [0.15, 0.2) is 0 Å². The number of ether oxygens (including phenoxy) is 1. The highest BCUT2D eigenvalue weighted by Gasteiger charge is 2.34. The fourth-order valence-electron chi connectivity index (χ4n) is 0.834. The summed E-state index contributed by atoms with van der Waals surface area (Å²) in [7, 11) is 0. The van der Waals surface area contributed by atoms with Gasteiger partial charge < -0.3 is 9.84 Å². The lowest BCUT2D eigenvalue weighted by Gasteiger charge is -2.26. The molecule has 5 heteroatoms. The minimum atomic E-state index is -2.56. The van der Waals surface area contributed by atoms with Gasteiger partial charge in [0.05, 0.1) is 6.10 Å². The van der Waals surface area contributed by atoms with Gasteiger partial charge >= 0.3 is 0 Å². The first-order valence-electron chi connectivity index (χ1n) is 3.92. The lowest BCUT2D eigenvalue weighted by molar-refractivity contribution is -0.138. The Bertz CT molecular complexity index is 159. The van der Waals surface area contributed by atoms with Crippen molar-refractivity contribution in [2.75, 3.05) is 6.61 Å². The van der Waals surface area contributed by atoms with Crippen LogP contribution in [-0.2, 0) is 9.53 Å². The third kappa shape index (κ3) is 8.94. The molecule has 0 bridgehead atoms. The molecule has 0 aliphatic carbocycles. The molecule has 1 saturated heterocycles. The Balaban J connectivity index is 0. The molecule has 1 rings (SSSR count). The maximum atomic E-state index is 12.3. The normalized spacial score (nSPS) is 23.1. The summed E-state index contributed by atoms with van der Waals surface area (Å²) in [5, 5.41) is 6.89. The Morgan fingerprint density at radius 2 is 2.00 bits per heavy atom. The predicted molar refractivity (Wildman–Crippen MR) is 48.2 cm³/mol.